The molecule has 1 aliphatic heterocycles. The highest BCUT2D eigenvalue weighted by molar-refractivity contribution is 7.14. The molecule has 0 unspecified atom stereocenters. The second kappa shape index (κ2) is 9.60. The van der Waals surface area contributed by atoms with E-state index in [2.05, 4.69) is 19.1 Å². The number of nitrogens with zero attached hydrogens (tertiary/aromatic N) is 2. The quantitative estimate of drug-likeness (QED) is 0.494. The molecule has 30 heavy (non-hydrogen) atoms. The lowest BCUT2D eigenvalue weighted by Gasteiger charge is -2.23. The molecular weight excluding hydrogens is 420 g/mol. The number of aromatic nitrogens is 1. The SMILES string of the molecule is Cc1ccc(-c2csc(N(C[C@H]3CCCO3)C(=O)COc3ccc(Cl)cc3)n2)cc1. The van der Waals surface area contributed by atoms with Crippen LogP contribution in [0.3, 0.4) is 0 Å². The number of halogens is 1. The monoisotopic (exact) mass is 442 g/mol. The minimum absolute atomic E-state index is 0.0243. The Morgan fingerprint density at radius 2 is 2.00 bits per heavy atom. The van der Waals surface area contributed by atoms with Gasteiger partial charge in [-0.25, -0.2) is 4.98 Å². The topological polar surface area (TPSA) is 51.7 Å². The summed E-state index contributed by atoms with van der Waals surface area (Å²) >= 11 is 7.37. The predicted octanol–water partition coefficient (Wildman–Crippen LogP) is 5.36. The zero-order valence-corrected chi connectivity index (χ0v) is 18.3. The lowest BCUT2D eigenvalue weighted by atomic mass is 10.1. The number of rotatable bonds is 7. The van der Waals surface area contributed by atoms with Crippen molar-refractivity contribution in [3.05, 3.63) is 64.5 Å². The van der Waals surface area contributed by atoms with E-state index < -0.39 is 0 Å². The van der Waals surface area contributed by atoms with Gasteiger partial charge in [0.15, 0.2) is 11.7 Å². The van der Waals surface area contributed by atoms with Gasteiger partial charge in [0.2, 0.25) is 0 Å². The molecule has 1 aromatic heterocycles. The summed E-state index contributed by atoms with van der Waals surface area (Å²) in [5.74, 6) is 0.453. The van der Waals surface area contributed by atoms with Crippen molar-refractivity contribution in [3.8, 4) is 17.0 Å². The summed E-state index contributed by atoms with van der Waals surface area (Å²) < 4.78 is 11.4. The van der Waals surface area contributed by atoms with E-state index in [9.17, 15) is 4.79 Å². The van der Waals surface area contributed by atoms with Crippen molar-refractivity contribution < 1.29 is 14.3 Å². The van der Waals surface area contributed by atoms with Gasteiger partial charge in [0, 0.05) is 22.6 Å². The first-order valence-electron chi connectivity index (χ1n) is 9.91. The Kier molecular flexibility index (Phi) is 6.67. The van der Waals surface area contributed by atoms with E-state index in [1.54, 1.807) is 29.2 Å². The van der Waals surface area contributed by atoms with Gasteiger partial charge < -0.3 is 9.47 Å². The van der Waals surface area contributed by atoms with E-state index in [-0.39, 0.29) is 18.6 Å². The Morgan fingerprint density at radius 3 is 2.70 bits per heavy atom. The summed E-state index contributed by atoms with van der Waals surface area (Å²) in [6, 6.07) is 15.2. The van der Waals surface area contributed by atoms with Crippen LogP contribution in [0.2, 0.25) is 5.02 Å². The van der Waals surface area contributed by atoms with Crippen molar-refractivity contribution in [3.63, 3.8) is 0 Å². The first kappa shape index (κ1) is 20.8. The summed E-state index contributed by atoms with van der Waals surface area (Å²) in [4.78, 5) is 19.5. The lowest BCUT2D eigenvalue weighted by molar-refractivity contribution is -0.120. The third-order valence-electron chi connectivity index (χ3n) is 4.96. The molecule has 1 amide bonds. The molecule has 0 saturated carbocycles. The number of ether oxygens (including phenoxy) is 2. The van der Waals surface area contributed by atoms with Gasteiger partial charge in [-0.3, -0.25) is 9.69 Å². The summed E-state index contributed by atoms with van der Waals surface area (Å²) in [5.41, 5.74) is 3.09. The fraction of sp³-hybridized carbons (Fsp3) is 0.304. The van der Waals surface area contributed by atoms with Gasteiger partial charge in [0.05, 0.1) is 18.3 Å². The van der Waals surface area contributed by atoms with Gasteiger partial charge in [-0.15, -0.1) is 11.3 Å². The van der Waals surface area contributed by atoms with Crippen LogP contribution in [0.1, 0.15) is 18.4 Å². The molecule has 7 heteroatoms. The Hall–Kier alpha value is -2.41. The number of anilines is 1. The molecule has 0 aliphatic carbocycles. The Bertz CT molecular complexity index is 982. The smallest absolute Gasteiger partial charge is 0.266 e. The maximum absolute atomic E-state index is 13.0. The first-order chi connectivity index (χ1) is 14.6. The number of amides is 1. The Balaban J connectivity index is 1.51. The highest BCUT2D eigenvalue weighted by Gasteiger charge is 2.26. The van der Waals surface area contributed by atoms with E-state index in [0.29, 0.717) is 22.4 Å². The van der Waals surface area contributed by atoms with Gasteiger partial charge in [-0.2, -0.15) is 0 Å². The molecule has 1 atom stereocenters. The highest BCUT2D eigenvalue weighted by atomic mass is 35.5. The normalized spacial score (nSPS) is 15.9. The van der Waals surface area contributed by atoms with Crippen molar-refractivity contribution in [1.82, 2.24) is 4.98 Å². The molecule has 3 aromatic rings. The molecule has 0 radical (unpaired) electrons. The van der Waals surface area contributed by atoms with Gasteiger partial charge in [0.25, 0.3) is 5.91 Å². The number of thiazole rings is 1. The van der Waals surface area contributed by atoms with Crippen LogP contribution in [0.15, 0.2) is 53.9 Å². The third kappa shape index (κ3) is 5.19. The number of carbonyl (C=O) groups excluding carboxylic acids is 1. The fourth-order valence-corrected chi connectivity index (χ4v) is 4.26. The average molecular weight is 443 g/mol. The Labute approximate surface area is 185 Å². The molecule has 156 valence electrons. The van der Waals surface area contributed by atoms with E-state index in [0.717, 1.165) is 30.7 Å². The van der Waals surface area contributed by atoms with Crippen LogP contribution in [0.4, 0.5) is 5.13 Å². The Morgan fingerprint density at radius 1 is 1.23 bits per heavy atom. The highest BCUT2D eigenvalue weighted by Crippen LogP contribution is 2.29. The van der Waals surface area contributed by atoms with Gasteiger partial charge in [0.1, 0.15) is 5.75 Å². The molecule has 2 heterocycles. The minimum atomic E-state index is -0.148. The van der Waals surface area contributed by atoms with E-state index >= 15 is 0 Å². The van der Waals surface area contributed by atoms with Crippen molar-refractivity contribution >= 4 is 34.0 Å². The molecule has 4 rings (SSSR count). The van der Waals surface area contributed by atoms with Crippen molar-refractivity contribution in [2.45, 2.75) is 25.9 Å². The zero-order valence-electron chi connectivity index (χ0n) is 16.7. The number of carbonyl (C=O) groups is 1. The number of hydrogen-bond donors (Lipinski definition) is 0. The van der Waals surface area contributed by atoms with Crippen LogP contribution in [0.25, 0.3) is 11.3 Å². The van der Waals surface area contributed by atoms with Crippen molar-refractivity contribution in [2.24, 2.45) is 0 Å². The maximum atomic E-state index is 13.0. The molecule has 1 aliphatic rings. The van der Waals surface area contributed by atoms with Crippen LogP contribution in [-0.2, 0) is 9.53 Å². The van der Waals surface area contributed by atoms with Gasteiger partial charge >= 0.3 is 0 Å². The summed E-state index contributed by atoms with van der Waals surface area (Å²) in [5, 5.41) is 3.27. The lowest BCUT2D eigenvalue weighted by Crippen LogP contribution is -2.40. The summed E-state index contributed by atoms with van der Waals surface area (Å²) in [6.07, 6.45) is 1.98. The summed E-state index contributed by atoms with van der Waals surface area (Å²) in [7, 11) is 0. The van der Waals surface area contributed by atoms with Gasteiger partial charge in [-0.1, -0.05) is 41.4 Å². The second-order valence-electron chi connectivity index (χ2n) is 7.26. The second-order valence-corrected chi connectivity index (χ2v) is 8.54. The predicted molar refractivity (Wildman–Crippen MR) is 121 cm³/mol. The number of benzene rings is 2. The first-order valence-corrected chi connectivity index (χ1v) is 11.2. The molecule has 5 nitrogen and oxygen atoms in total. The number of hydrogen-bond acceptors (Lipinski definition) is 5. The van der Waals surface area contributed by atoms with Crippen LogP contribution >= 0.6 is 22.9 Å². The molecule has 1 saturated heterocycles. The summed E-state index contributed by atoms with van der Waals surface area (Å²) in [6.45, 7) is 3.19. The van der Waals surface area contributed by atoms with Gasteiger partial charge in [-0.05, 0) is 44.0 Å². The molecule has 0 N–H and O–H groups in total. The van der Waals surface area contributed by atoms with E-state index in [4.69, 9.17) is 26.1 Å². The molecule has 0 spiro atoms. The van der Waals surface area contributed by atoms with Crippen LogP contribution in [0, 0.1) is 6.92 Å². The van der Waals surface area contributed by atoms with E-state index in [1.807, 2.05) is 17.5 Å². The van der Waals surface area contributed by atoms with Crippen LogP contribution in [-0.4, -0.2) is 36.8 Å². The largest absolute Gasteiger partial charge is 0.484 e. The minimum Gasteiger partial charge on any atom is -0.484 e. The van der Waals surface area contributed by atoms with Crippen LogP contribution < -0.4 is 9.64 Å². The zero-order chi connectivity index (χ0) is 20.9. The fourth-order valence-electron chi connectivity index (χ4n) is 3.28. The standard InChI is InChI=1S/C23H23ClN2O3S/c1-16-4-6-17(7-5-16)21-15-30-23(25-21)26(13-20-3-2-12-28-20)22(27)14-29-19-10-8-18(24)9-11-19/h4-11,15,20H,2-3,12-14H2,1H3/t20-/m1/s1. The van der Waals surface area contributed by atoms with Crippen molar-refractivity contribution in [1.29, 1.82) is 0 Å². The van der Waals surface area contributed by atoms with Crippen molar-refractivity contribution in [2.75, 3.05) is 24.7 Å². The number of aryl methyl sites for hydroxylation is 1. The molecule has 1 fully saturated rings. The molecule has 2 aromatic carbocycles. The maximum Gasteiger partial charge on any atom is 0.266 e. The molecular formula is C23H23ClN2O3S. The third-order valence-corrected chi connectivity index (χ3v) is 6.07. The van der Waals surface area contributed by atoms with E-state index in [1.165, 1.54) is 16.9 Å². The van der Waals surface area contributed by atoms with Crippen LogP contribution in [0.5, 0.6) is 5.75 Å². The average Bonchev–Trinajstić information content (AvgIpc) is 3.44. The molecule has 0 bridgehead atoms.